The SMILES string of the molecule is FC(F)(F)c1nc(-c2ccc3c(c2)OCCN(c2nc4ccccc4[nH]2)C3)no1. The van der Waals surface area contributed by atoms with E-state index in [1.165, 1.54) is 0 Å². The minimum Gasteiger partial charge on any atom is -0.491 e. The fourth-order valence-electron chi connectivity index (χ4n) is 3.23. The van der Waals surface area contributed by atoms with Crippen LogP contribution in [-0.4, -0.2) is 33.3 Å². The van der Waals surface area contributed by atoms with Crippen LogP contribution in [0.25, 0.3) is 22.4 Å². The largest absolute Gasteiger partial charge is 0.491 e. The molecule has 1 N–H and O–H groups in total. The van der Waals surface area contributed by atoms with Crippen LogP contribution in [0, 0.1) is 0 Å². The number of fused-ring (bicyclic) bond motifs is 2. The number of anilines is 1. The van der Waals surface area contributed by atoms with E-state index in [2.05, 4.69) is 29.5 Å². The third kappa shape index (κ3) is 3.26. The van der Waals surface area contributed by atoms with Gasteiger partial charge in [-0.05, 0) is 18.2 Å². The van der Waals surface area contributed by atoms with Crippen molar-refractivity contribution in [2.24, 2.45) is 0 Å². The minimum atomic E-state index is -4.68. The van der Waals surface area contributed by atoms with Gasteiger partial charge < -0.3 is 19.1 Å². The zero-order chi connectivity index (χ0) is 20.0. The molecule has 10 heteroatoms. The average Bonchev–Trinajstić information content (AvgIpc) is 3.30. The second-order valence-corrected chi connectivity index (χ2v) is 6.59. The van der Waals surface area contributed by atoms with Crippen molar-refractivity contribution >= 4 is 17.0 Å². The third-order valence-corrected chi connectivity index (χ3v) is 4.65. The van der Waals surface area contributed by atoms with Gasteiger partial charge >= 0.3 is 12.1 Å². The van der Waals surface area contributed by atoms with Gasteiger partial charge in [0.25, 0.3) is 0 Å². The van der Waals surface area contributed by atoms with Crippen molar-refractivity contribution in [2.45, 2.75) is 12.7 Å². The molecule has 0 unspecified atom stereocenters. The first kappa shape index (κ1) is 17.5. The second kappa shape index (κ2) is 6.50. The molecule has 0 fully saturated rings. The number of benzene rings is 2. The van der Waals surface area contributed by atoms with Crippen molar-refractivity contribution in [3.8, 4) is 17.1 Å². The predicted molar refractivity (Wildman–Crippen MR) is 97.4 cm³/mol. The molecule has 0 atom stereocenters. The van der Waals surface area contributed by atoms with E-state index < -0.39 is 12.1 Å². The molecule has 7 nitrogen and oxygen atoms in total. The first-order valence-corrected chi connectivity index (χ1v) is 8.84. The zero-order valence-electron chi connectivity index (χ0n) is 14.9. The molecule has 0 bridgehead atoms. The quantitative estimate of drug-likeness (QED) is 0.546. The maximum atomic E-state index is 12.7. The van der Waals surface area contributed by atoms with Crippen molar-refractivity contribution in [3.63, 3.8) is 0 Å². The fourth-order valence-corrected chi connectivity index (χ4v) is 3.23. The van der Waals surface area contributed by atoms with Gasteiger partial charge in [0.2, 0.25) is 11.8 Å². The normalized spacial score (nSPS) is 14.5. The summed E-state index contributed by atoms with van der Waals surface area (Å²) >= 11 is 0. The van der Waals surface area contributed by atoms with Crippen LogP contribution in [-0.2, 0) is 12.7 Å². The van der Waals surface area contributed by atoms with E-state index in [-0.39, 0.29) is 5.82 Å². The summed E-state index contributed by atoms with van der Waals surface area (Å²) < 4.78 is 48.2. The zero-order valence-corrected chi connectivity index (χ0v) is 14.9. The number of nitrogens with zero attached hydrogens (tertiary/aromatic N) is 4. The average molecular weight is 401 g/mol. The van der Waals surface area contributed by atoms with E-state index >= 15 is 0 Å². The molecule has 0 saturated heterocycles. The lowest BCUT2D eigenvalue weighted by Crippen LogP contribution is -2.26. The van der Waals surface area contributed by atoms with E-state index in [0.29, 0.717) is 31.0 Å². The number of para-hydroxylation sites is 2. The van der Waals surface area contributed by atoms with Gasteiger partial charge in [-0.15, -0.1) is 0 Å². The third-order valence-electron chi connectivity index (χ3n) is 4.65. The highest BCUT2D eigenvalue weighted by Crippen LogP contribution is 2.32. The molecule has 1 aliphatic rings. The molecule has 0 aliphatic carbocycles. The standard InChI is InChI=1S/C19H14F3N5O2/c20-19(21,22)17-25-16(26-29-17)11-5-6-12-10-27(7-8-28-15(12)9-11)18-23-13-3-1-2-4-14(13)24-18/h1-6,9H,7-8,10H2,(H,23,24). The van der Waals surface area contributed by atoms with Crippen molar-refractivity contribution in [2.75, 3.05) is 18.1 Å². The summed E-state index contributed by atoms with van der Waals surface area (Å²) in [4.78, 5) is 13.4. The van der Waals surface area contributed by atoms with Gasteiger partial charge in [-0.1, -0.05) is 29.4 Å². The van der Waals surface area contributed by atoms with Gasteiger partial charge in [-0.2, -0.15) is 18.2 Å². The molecule has 0 saturated carbocycles. The van der Waals surface area contributed by atoms with Crippen LogP contribution >= 0.6 is 0 Å². The van der Waals surface area contributed by atoms with Gasteiger partial charge in [-0.3, -0.25) is 0 Å². The second-order valence-electron chi connectivity index (χ2n) is 6.59. The summed E-state index contributed by atoms with van der Waals surface area (Å²) in [5, 5.41) is 3.42. The van der Waals surface area contributed by atoms with Crippen LogP contribution in [0.2, 0.25) is 0 Å². The lowest BCUT2D eigenvalue weighted by molar-refractivity contribution is -0.159. The van der Waals surface area contributed by atoms with Gasteiger partial charge in [0.15, 0.2) is 0 Å². The first-order valence-electron chi connectivity index (χ1n) is 8.84. The first-order chi connectivity index (χ1) is 14.0. The molecule has 2 aromatic heterocycles. The van der Waals surface area contributed by atoms with Crippen LogP contribution in [0.15, 0.2) is 47.0 Å². The molecule has 0 spiro atoms. The maximum absolute atomic E-state index is 12.7. The highest BCUT2D eigenvalue weighted by Gasteiger charge is 2.38. The van der Waals surface area contributed by atoms with Crippen molar-refractivity contribution in [1.29, 1.82) is 0 Å². The molecule has 3 heterocycles. The monoisotopic (exact) mass is 401 g/mol. The molecule has 0 amide bonds. The summed E-state index contributed by atoms with van der Waals surface area (Å²) in [6.07, 6.45) is -4.68. The Morgan fingerprint density at radius 2 is 1.93 bits per heavy atom. The summed E-state index contributed by atoms with van der Waals surface area (Å²) in [7, 11) is 0. The van der Waals surface area contributed by atoms with Gasteiger partial charge in [0, 0.05) is 17.7 Å². The lowest BCUT2D eigenvalue weighted by atomic mass is 10.1. The minimum absolute atomic E-state index is 0.137. The summed E-state index contributed by atoms with van der Waals surface area (Å²) in [6.45, 7) is 1.54. The van der Waals surface area contributed by atoms with E-state index in [9.17, 15) is 13.2 Å². The highest BCUT2D eigenvalue weighted by atomic mass is 19.4. The topological polar surface area (TPSA) is 80.1 Å². The van der Waals surface area contributed by atoms with Gasteiger partial charge in [-0.25, -0.2) is 4.98 Å². The number of aromatic nitrogens is 4. The van der Waals surface area contributed by atoms with Crippen LogP contribution < -0.4 is 9.64 Å². The number of ether oxygens (including phenoxy) is 1. The Labute approximate surface area is 162 Å². The number of hydrogen-bond donors (Lipinski definition) is 1. The number of aromatic amines is 1. The van der Waals surface area contributed by atoms with E-state index in [1.54, 1.807) is 18.2 Å². The Morgan fingerprint density at radius 1 is 1.07 bits per heavy atom. The van der Waals surface area contributed by atoms with Crippen molar-refractivity contribution in [1.82, 2.24) is 20.1 Å². The smallest absolute Gasteiger partial charge is 0.471 e. The molecule has 1 aliphatic heterocycles. The Bertz CT molecular complexity index is 1150. The predicted octanol–water partition coefficient (Wildman–Crippen LogP) is 4.03. The number of nitrogens with one attached hydrogen (secondary N) is 1. The maximum Gasteiger partial charge on any atom is 0.471 e. The Balaban J connectivity index is 1.43. The molecular formula is C19H14F3N5O2. The Morgan fingerprint density at radius 3 is 2.72 bits per heavy atom. The molecule has 5 rings (SSSR count). The number of rotatable bonds is 2. The van der Waals surface area contributed by atoms with Crippen LogP contribution in [0.3, 0.4) is 0 Å². The highest BCUT2D eigenvalue weighted by molar-refractivity contribution is 5.77. The molecular weight excluding hydrogens is 387 g/mol. The van der Waals surface area contributed by atoms with E-state index in [4.69, 9.17) is 4.74 Å². The molecule has 29 heavy (non-hydrogen) atoms. The van der Waals surface area contributed by atoms with Crippen LogP contribution in [0.4, 0.5) is 19.1 Å². The Hall–Kier alpha value is -3.56. The molecule has 0 radical (unpaired) electrons. The number of hydrogen-bond acceptors (Lipinski definition) is 6. The number of alkyl halides is 3. The number of halogens is 3. The molecule has 4 aromatic rings. The van der Waals surface area contributed by atoms with Gasteiger partial charge in [0.1, 0.15) is 12.4 Å². The summed E-state index contributed by atoms with van der Waals surface area (Å²) in [6, 6.07) is 12.8. The molecule has 2 aromatic carbocycles. The Kier molecular flexibility index (Phi) is 3.93. The summed E-state index contributed by atoms with van der Waals surface area (Å²) in [5.41, 5.74) is 3.09. The summed E-state index contributed by atoms with van der Waals surface area (Å²) in [5.74, 6) is -0.208. The van der Waals surface area contributed by atoms with Crippen molar-refractivity contribution in [3.05, 3.63) is 53.9 Å². The van der Waals surface area contributed by atoms with E-state index in [1.807, 2.05) is 24.3 Å². The number of H-pyrrole nitrogens is 1. The lowest BCUT2D eigenvalue weighted by Gasteiger charge is -2.18. The fraction of sp³-hybridized carbons (Fsp3) is 0.211. The molecule has 148 valence electrons. The van der Waals surface area contributed by atoms with E-state index in [0.717, 1.165) is 22.5 Å². The van der Waals surface area contributed by atoms with Gasteiger partial charge in [0.05, 0.1) is 17.6 Å². The van der Waals surface area contributed by atoms with Crippen LogP contribution in [0.1, 0.15) is 11.5 Å². The van der Waals surface area contributed by atoms with Crippen LogP contribution in [0.5, 0.6) is 5.75 Å². The van der Waals surface area contributed by atoms with Crippen molar-refractivity contribution < 1.29 is 22.4 Å². The number of imidazole rings is 1.